The van der Waals surface area contributed by atoms with Crippen LogP contribution in [-0.2, 0) is 0 Å². The van der Waals surface area contributed by atoms with E-state index in [1.165, 1.54) is 0 Å². The maximum atomic E-state index is 11.8. The molecule has 0 aliphatic carbocycles. The van der Waals surface area contributed by atoms with E-state index in [0.29, 0.717) is 6.54 Å². The molecule has 1 aliphatic heterocycles. The summed E-state index contributed by atoms with van der Waals surface area (Å²) in [5.41, 5.74) is 0. The van der Waals surface area contributed by atoms with Crippen LogP contribution < -0.4 is 10.6 Å². The lowest BCUT2D eigenvalue weighted by atomic mass is 10.2. The molecular weight excluding hydrogens is 138 g/mol. The molecule has 10 heavy (non-hydrogen) atoms. The van der Waals surface area contributed by atoms with Crippen molar-refractivity contribution in [2.75, 3.05) is 19.6 Å². The number of halogens is 2. The van der Waals surface area contributed by atoms with Crippen LogP contribution in [0.4, 0.5) is 8.78 Å². The van der Waals surface area contributed by atoms with Crippen molar-refractivity contribution in [2.24, 2.45) is 0 Å². The molecule has 1 saturated heterocycles. The van der Waals surface area contributed by atoms with Gasteiger partial charge in [0.05, 0.1) is 0 Å². The summed E-state index contributed by atoms with van der Waals surface area (Å²) >= 11 is 0. The van der Waals surface area contributed by atoms with Crippen LogP contribution in [0.1, 0.15) is 6.42 Å². The van der Waals surface area contributed by atoms with Gasteiger partial charge < -0.3 is 10.6 Å². The van der Waals surface area contributed by atoms with Gasteiger partial charge in [-0.05, 0) is 0 Å². The SMILES string of the molecule is FC(F)CC1CNCCN1. The first-order chi connectivity index (χ1) is 4.79. The molecule has 0 bridgehead atoms. The van der Waals surface area contributed by atoms with Crippen LogP contribution >= 0.6 is 0 Å². The van der Waals surface area contributed by atoms with Crippen LogP contribution in [0.5, 0.6) is 0 Å². The van der Waals surface area contributed by atoms with Gasteiger partial charge in [-0.15, -0.1) is 0 Å². The van der Waals surface area contributed by atoms with Gasteiger partial charge in [0.1, 0.15) is 0 Å². The predicted octanol–water partition coefficient (Wildman–Crippen LogP) is 0.203. The molecule has 1 aliphatic rings. The van der Waals surface area contributed by atoms with Crippen LogP contribution in [0.25, 0.3) is 0 Å². The van der Waals surface area contributed by atoms with E-state index in [1.54, 1.807) is 0 Å². The molecule has 1 fully saturated rings. The highest BCUT2D eigenvalue weighted by molar-refractivity contribution is 4.75. The average Bonchev–Trinajstić information content (AvgIpc) is 1.88. The molecule has 0 spiro atoms. The van der Waals surface area contributed by atoms with Gasteiger partial charge in [0.15, 0.2) is 0 Å². The van der Waals surface area contributed by atoms with E-state index in [4.69, 9.17) is 0 Å². The Morgan fingerprint density at radius 1 is 1.40 bits per heavy atom. The Bertz CT molecular complexity index is 91.7. The van der Waals surface area contributed by atoms with Gasteiger partial charge in [-0.3, -0.25) is 0 Å². The number of hydrogen-bond acceptors (Lipinski definition) is 2. The Hall–Kier alpha value is -0.220. The lowest BCUT2D eigenvalue weighted by molar-refractivity contribution is 0.119. The van der Waals surface area contributed by atoms with Gasteiger partial charge in [0.25, 0.3) is 0 Å². The van der Waals surface area contributed by atoms with E-state index in [9.17, 15) is 8.78 Å². The van der Waals surface area contributed by atoms with E-state index in [1.807, 2.05) is 0 Å². The van der Waals surface area contributed by atoms with E-state index >= 15 is 0 Å². The highest BCUT2D eigenvalue weighted by Gasteiger charge is 2.16. The Labute approximate surface area is 59.0 Å². The fourth-order valence-electron chi connectivity index (χ4n) is 1.09. The molecular formula is C6H12F2N2. The molecule has 1 rings (SSSR count). The topological polar surface area (TPSA) is 24.1 Å². The minimum Gasteiger partial charge on any atom is -0.314 e. The molecule has 4 heteroatoms. The zero-order valence-corrected chi connectivity index (χ0v) is 5.74. The van der Waals surface area contributed by atoms with Crippen molar-refractivity contribution < 1.29 is 8.78 Å². The van der Waals surface area contributed by atoms with Gasteiger partial charge in [-0.1, -0.05) is 0 Å². The van der Waals surface area contributed by atoms with Crippen LogP contribution in [-0.4, -0.2) is 32.1 Å². The van der Waals surface area contributed by atoms with Crippen molar-refractivity contribution in [3.05, 3.63) is 0 Å². The summed E-state index contributed by atoms with van der Waals surface area (Å²) in [5.74, 6) is 0. The highest BCUT2D eigenvalue weighted by Crippen LogP contribution is 2.03. The van der Waals surface area contributed by atoms with E-state index in [0.717, 1.165) is 13.1 Å². The third-order valence-corrected chi connectivity index (χ3v) is 1.59. The molecule has 60 valence electrons. The number of nitrogens with one attached hydrogen (secondary N) is 2. The molecule has 0 aromatic heterocycles. The van der Waals surface area contributed by atoms with Crippen molar-refractivity contribution in [1.29, 1.82) is 0 Å². The van der Waals surface area contributed by atoms with Crippen molar-refractivity contribution >= 4 is 0 Å². The first-order valence-corrected chi connectivity index (χ1v) is 3.51. The second-order valence-corrected chi connectivity index (χ2v) is 2.48. The first kappa shape index (κ1) is 7.88. The lowest BCUT2D eigenvalue weighted by Crippen LogP contribution is -2.48. The summed E-state index contributed by atoms with van der Waals surface area (Å²) in [4.78, 5) is 0. The number of alkyl halides is 2. The largest absolute Gasteiger partial charge is 0.314 e. The van der Waals surface area contributed by atoms with E-state index < -0.39 is 6.43 Å². The number of piperazine rings is 1. The van der Waals surface area contributed by atoms with Gasteiger partial charge in [0.2, 0.25) is 6.43 Å². The summed E-state index contributed by atoms with van der Waals surface area (Å²) in [6, 6.07) is -0.0336. The minimum absolute atomic E-state index is 0.0336. The number of hydrogen-bond donors (Lipinski definition) is 2. The monoisotopic (exact) mass is 150 g/mol. The summed E-state index contributed by atoms with van der Waals surface area (Å²) < 4.78 is 23.5. The quantitative estimate of drug-likeness (QED) is 0.587. The summed E-state index contributed by atoms with van der Waals surface area (Å²) in [7, 11) is 0. The third-order valence-electron chi connectivity index (χ3n) is 1.59. The normalized spacial score (nSPS) is 27.3. The molecule has 1 atom stereocenters. The fraction of sp³-hybridized carbons (Fsp3) is 1.00. The van der Waals surface area contributed by atoms with Crippen molar-refractivity contribution in [3.8, 4) is 0 Å². The van der Waals surface area contributed by atoms with Crippen molar-refractivity contribution in [2.45, 2.75) is 18.9 Å². The standard InChI is InChI=1S/C6H12F2N2/c7-6(8)3-5-4-9-1-2-10-5/h5-6,9-10H,1-4H2. The molecule has 0 aromatic carbocycles. The van der Waals surface area contributed by atoms with Crippen molar-refractivity contribution in [1.82, 2.24) is 10.6 Å². The molecule has 2 N–H and O–H groups in total. The lowest BCUT2D eigenvalue weighted by Gasteiger charge is -2.23. The number of rotatable bonds is 2. The Morgan fingerprint density at radius 3 is 2.70 bits per heavy atom. The van der Waals surface area contributed by atoms with Crippen LogP contribution in [0, 0.1) is 0 Å². The predicted molar refractivity (Wildman–Crippen MR) is 35.3 cm³/mol. The zero-order chi connectivity index (χ0) is 7.40. The summed E-state index contributed by atoms with van der Waals surface area (Å²) in [6.45, 7) is 2.36. The van der Waals surface area contributed by atoms with Gasteiger partial charge >= 0.3 is 0 Å². The Kier molecular flexibility index (Phi) is 3.02. The molecule has 2 nitrogen and oxygen atoms in total. The zero-order valence-electron chi connectivity index (χ0n) is 5.74. The second kappa shape index (κ2) is 3.83. The molecule has 0 aromatic rings. The van der Waals surface area contributed by atoms with Crippen molar-refractivity contribution in [3.63, 3.8) is 0 Å². The molecule has 0 radical (unpaired) electrons. The van der Waals surface area contributed by atoms with Crippen LogP contribution in [0.2, 0.25) is 0 Å². The average molecular weight is 150 g/mol. The molecule has 1 unspecified atom stereocenters. The van der Waals surface area contributed by atoms with E-state index in [2.05, 4.69) is 10.6 Å². The van der Waals surface area contributed by atoms with E-state index in [-0.39, 0.29) is 12.5 Å². The third kappa shape index (κ3) is 2.58. The first-order valence-electron chi connectivity index (χ1n) is 3.51. The molecule has 0 amide bonds. The van der Waals surface area contributed by atoms with Gasteiger partial charge in [0, 0.05) is 32.1 Å². The van der Waals surface area contributed by atoms with Crippen LogP contribution in [0.15, 0.2) is 0 Å². The second-order valence-electron chi connectivity index (χ2n) is 2.48. The minimum atomic E-state index is -2.18. The van der Waals surface area contributed by atoms with Gasteiger partial charge in [-0.25, -0.2) is 8.78 Å². The smallest absolute Gasteiger partial charge is 0.240 e. The molecule has 1 heterocycles. The maximum Gasteiger partial charge on any atom is 0.240 e. The van der Waals surface area contributed by atoms with Crippen LogP contribution in [0.3, 0.4) is 0 Å². The van der Waals surface area contributed by atoms with Gasteiger partial charge in [-0.2, -0.15) is 0 Å². The highest BCUT2D eigenvalue weighted by atomic mass is 19.3. The fourth-order valence-corrected chi connectivity index (χ4v) is 1.09. The Balaban J connectivity index is 2.13. The maximum absolute atomic E-state index is 11.8. The summed E-state index contributed by atoms with van der Waals surface area (Å²) in [6.07, 6.45) is -2.22. The Morgan fingerprint density at radius 2 is 2.20 bits per heavy atom. The molecule has 0 saturated carbocycles. The summed E-state index contributed by atoms with van der Waals surface area (Å²) in [5, 5.41) is 6.05.